The summed E-state index contributed by atoms with van der Waals surface area (Å²) in [6, 6.07) is 14.3. The number of ether oxygens (including phenoxy) is 1. The van der Waals surface area contributed by atoms with E-state index in [1.807, 2.05) is 24.3 Å². The first kappa shape index (κ1) is 14.0. The standard InChI is InChI=1S/C16H15ClO2S/c17-12-5-6-15-11(9-12)10-14(19-8-7-18)13-3-1-2-4-16(13)20-15/h1-6,9,14,18H,7-8,10H2. The molecule has 0 spiro atoms. The molecule has 1 aliphatic heterocycles. The van der Waals surface area contributed by atoms with Crippen LogP contribution in [0.5, 0.6) is 0 Å². The van der Waals surface area contributed by atoms with Gasteiger partial charge in [0, 0.05) is 21.2 Å². The van der Waals surface area contributed by atoms with Gasteiger partial charge < -0.3 is 9.84 Å². The molecule has 2 nitrogen and oxygen atoms in total. The van der Waals surface area contributed by atoms with Gasteiger partial charge in [-0.1, -0.05) is 41.6 Å². The fourth-order valence-corrected chi connectivity index (χ4v) is 3.72. The van der Waals surface area contributed by atoms with Crippen LogP contribution < -0.4 is 0 Å². The lowest BCUT2D eigenvalue weighted by atomic mass is 10.0. The van der Waals surface area contributed by atoms with Gasteiger partial charge >= 0.3 is 0 Å². The summed E-state index contributed by atoms with van der Waals surface area (Å²) in [7, 11) is 0. The van der Waals surface area contributed by atoms with Crippen LogP contribution in [0.25, 0.3) is 0 Å². The highest BCUT2D eigenvalue weighted by molar-refractivity contribution is 7.99. The van der Waals surface area contributed by atoms with Gasteiger partial charge in [-0.05, 0) is 35.4 Å². The van der Waals surface area contributed by atoms with Crippen molar-refractivity contribution in [2.24, 2.45) is 0 Å². The molecule has 1 unspecified atom stereocenters. The van der Waals surface area contributed by atoms with E-state index >= 15 is 0 Å². The van der Waals surface area contributed by atoms with E-state index in [9.17, 15) is 0 Å². The van der Waals surface area contributed by atoms with Crippen LogP contribution in [0.15, 0.2) is 52.3 Å². The Hall–Kier alpha value is -1.00. The summed E-state index contributed by atoms with van der Waals surface area (Å²) in [5.41, 5.74) is 2.37. The lowest BCUT2D eigenvalue weighted by Gasteiger charge is -2.17. The summed E-state index contributed by atoms with van der Waals surface area (Å²) in [4.78, 5) is 2.42. The molecule has 1 N–H and O–H groups in total. The number of rotatable bonds is 3. The van der Waals surface area contributed by atoms with Crippen molar-refractivity contribution in [3.63, 3.8) is 0 Å². The van der Waals surface area contributed by atoms with Crippen molar-refractivity contribution in [3.8, 4) is 0 Å². The van der Waals surface area contributed by atoms with Crippen LogP contribution in [0, 0.1) is 0 Å². The van der Waals surface area contributed by atoms with Crippen molar-refractivity contribution in [3.05, 3.63) is 58.6 Å². The Bertz CT molecular complexity index is 615. The Morgan fingerprint density at radius 2 is 2.05 bits per heavy atom. The molecule has 4 heteroatoms. The van der Waals surface area contributed by atoms with Crippen LogP contribution in [-0.4, -0.2) is 18.3 Å². The van der Waals surface area contributed by atoms with Gasteiger partial charge in [-0.15, -0.1) is 0 Å². The molecule has 0 saturated carbocycles. The van der Waals surface area contributed by atoms with E-state index in [1.165, 1.54) is 20.9 Å². The van der Waals surface area contributed by atoms with Crippen molar-refractivity contribution < 1.29 is 9.84 Å². The number of benzene rings is 2. The Morgan fingerprint density at radius 3 is 2.90 bits per heavy atom. The van der Waals surface area contributed by atoms with Crippen LogP contribution in [0.2, 0.25) is 5.02 Å². The molecule has 2 aromatic carbocycles. The topological polar surface area (TPSA) is 29.5 Å². The quantitative estimate of drug-likeness (QED) is 0.926. The van der Waals surface area contributed by atoms with Gasteiger partial charge in [0.05, 0.1) is 19.3 Å². The lowest BCUT2D eigenvalue weighted by Crippen LogP contribution is -2.10. The number of aliphatic hydroxyl groups excluding tert-OH is 1. The maximum atomic E-state index is 9.00. The van der Waals surface area contributed by atoms with Gasteiger partial charge in [0.25, 0.3) is 0 Å². The SMILES string of the molecule is OCCOC1Cc2cc(Cl)ccc2Sc2ccccc21. The molecule has 0 bridgehead atoms. The third kappa shape index (κ3) is 2.86. The predicted octanol–water partition coefficient (Wildman–Crippen LogP) is 4.10. The molecule has 104 valence electrons. The average molecular weight is 307 g/mol. The van der Waals surface area contributed by atoms with Crippen LogP contribution in [0.3, 0.4) is 0 Å². The number of hydrogen-bond acceptors (Lipinski definition) is 3. The molecule has 1 aliphatic rings. The second kappa shape index (κ2) is 6.19. The fraction of sp³-hybridized carbons (Fsp3) is 0.250. The molecule has 0 radical (unpaired) electrons. The molecule has 0 saturated heterocycles. The molecule has 1 heterocycles. The Balaban J connectivity index is 2.02. The Labute approximate surface area is 127 Å². The summed E-state index contributed by atoms with van der Waals surface area (Å²) in [6.07, 6.45) is 0.741. The first-order valence-corrected chi connectivity index (χ1v) is 7.75. The van der Waals surface area contributed by atoms with E-state index in [-0.39, 0.29) is 12.7 Å². The largest absolute Gasteiger partial charge is 0.394 e. The number of fused-ring (bicyclic) bond motifs is 2. The van der Waals surface area contributed by atoms with Crippen LogP contribution in [-0.2, 0) is 11.2 Å². The van der Waals surface area contributed by atoms with Crippen molar-refractivity contribution in [2.45, 2.75) is 22.3 Å². The van der Waals surface area contributed by atoms with Gasteiger partial charge in [0.2, 0.25) is 0 Å². The van der Waals surface area contributed by atoms with E-state index in [0.717, 1.165) is 11.4 Å². The van der Waals surface area contributed by atoms with Gasteiger partial charge in [0.15, 0.2) is 0 Å². The minimum absolute atomic E-state index is 0.0359. The minimum Gasteiger partial charge on any atom is -0.394 e. The van der Waals surface area contributed by atoms with Crippen molar-refractivity contribution in [1.82, 2.24) is 0 Å². The van der Waals surface area contributed by atoms with Crippen LogP contribution in [0.1, 0.15) is 17.2 Å². The third-order valence-electron chi connectivity index (χ3n) is 3.32. The van der Waals surface area contributed by atoms with E-state index < -0.39 is 0 Å². The second-order valence-corrected chi connectivity index (χ2v) is 6.20. The summed E-state index contributed by atoms with van der Waals surface area (Å²) in [6.45, 7) is 0.383. The molecule has 20 heavy (non-hydrogen) atoms. The summed E-state index contributed by atoms with van der Waals surface area (Å²) >= 11 is 7.85. The molecule has 1 atom stereocenters. The summed E-state index contributed by atoms with van der Waals surface area (Å²) < 4.78 is 5.83. The first-order chi connectivity index (χ1) is 9.78. The van der Waals surface area contributed by atoms with Crippen LogP contribution in [0.4, 0.5) is 0 Å². The van der Waals surface area contributed by atoms with E-state index in [0.29, 0.717) is 6.61 Å². The first-order valence-electron chi connectivity index (χ1n) is 6.55. The van der Waals surface area contributed by atoms with Crippen molar-refractivity contribution in [1.29, 1.82) is 0 Å². The predicted molar refractivity (Wildman–Crippen MR) is 81.5 cm³/mol. The number of hydrogen-bond donors (Lipinski definition) is 1. The second-order valence-electron chi connectivity index (χ2n) is 4.68. The summed E-state index contributed by atoms with van der Waals surface area (Å²) in [5, 5.41) is 9.75. The molecule has 2 aromatic rings. The van der Waals surface area contributed by atoms with Gasteiger partial charge in [0.1, 0.15) is 0 Å². The fourth-order valence-electron chi connectivity index (χ4n) is 2.42. The smallest absolute Gasteiger partial charge is 0.0877 e. The summed E-state index contributed by atoms with van der Waals surface area (Å²) in [5.74, 6) is 0. The van der Waals surface area contributed by atoms with E-state index in [4.69, 9.17) is 21.4 Å². The minimum atomic E-state index is -0.0365. The van der Waals surface area contributed by atoms with E-state index in [2.05, 4.69) is 18.2 Å². The molecule has 0 aromatic heterocycles. The highest BCUT2D eigenvalue weighted by Gasteiger charge is 2.23. The Morgan fingerprint density at radius 1 is 1.20 bits per heavy atom. The maximum absolute atomic E-state index is 9.00. The van der Waals surface area contributed by atoms with E-state index in [1.54, 1.807) is 11.8 Å². The highest BCUT2D eigenvalue weighted by atomic mass is 35.5. The number of aliphatic hydroxyl groups is 1. The van der Waals surface area contributed by atoms with Crippen molar-refractivity contribution in [2.75, 3.05) is 13.2 Å². The maximum Gasteiger partial charge on any atom is 0.0877 e. The molecule has 0 amide bonds. The monoisotopic (exact) mass is 306 g/mol. The number of halogens is 1. The average Bonchev–Trinajstić information content (AvgIpc) is 2.61. The lowest BCUT2D eigenvalue weighted by molar-refractivity contribution is 0.0266. The van der Waals surface area contributed by atoms with Gasteiger partial charge in [-0.2, -0.15) is 0 Å². The normalized spacial score (nSPS) is 17.2. The molecule has 0 fully saturated rings. The highest BCUT2D eigenvalue weighted by Crippen LogP contribution is 2.42. The molecule has 3 rings (SSSR count). The zero-order valence-electron chi connectivity index (χ0n) is 10.9. The van der Waals surface area contributed by atoms with Gasteiger partial charge in [-0.25, -0.2) is 0 Å². The zero-order chi connectivity index (χ0) is 13.9. The zero-order valence-corrected chi connectivity index (χ0v) is 12.5. The molecular weight excluding hydrogens is 292 g/mol. The molecule has 0 aliphatic carbocycles. The molecular formula is C16H15ClO2S. The van der Waals surface area contributed by atoms with Crippen molar-refractivity contribution >= 4 is 23.4 Å². The van der Waals surface area contributed by atoms with Gasteiger partial charge in [-0.3, -0.25) is 0 Å². The Kier molecular flexibility index (Phi) is 4.32. The van der Waals surface area contributed by atoms with Crippen LogP contribution >= 0.6 is 23.4 Å². The third-order valence-corrected chi connectivity index (χ3v) is 4.77.